The lowest BCUT2D eigenvalue weighted by molar-refractivity contribution is -0.121. The third kappa shape index (κ3) is 7.03. The highest BCUT2D eigenvalue weighted by atomic mass is 16.1. The van der Waals surface area contributed by atoms with Crippen LogP contribution in [0.2, 0.25) is 0 Å². The number of unbranched alkanes of at least 4 members (excludes halogenated alkanes) is 1. The van der Waals surface area contributed by atoms with Crippen molar-refractivity contribution < 1.29 is 9.59 Å². The van der Waals surface area contributed by atoms with Crippen LogP contribution in [-0.4, -0.2) is 18.7 Å². The van der Waals surface area contributed by atoms with Gasteiger partial charge in [-0.05, 0) is 12.8 Å². The minimum atomic E-state index is 0.0819. The van der Waals surface area contributed by atoms with Gasteiger partial charge >= 0.3 is 0 Å². The summed E-state index contributed by atoms with van der Waals surface area (Å²) in [7, 11) is 0. The molecule has 1 N–H and O–H groups in total. The molecule has 0 spiro atoms. The van der Waals surface area contributed by atoms with Crippen molar-refractivity contribution in [3.8, 4) is 0 Å². The monoisotopic (exact) mass is 157 g/mol. The van der Waals surface area contributed by atoms with Gasteiger partial charge in [0.1, 0.15) is 6.29 Å². The maximum Gasteiger partial charge on any atom is 0.219 e. The number of hydrogen-bond donors (Lipinski definition) is 1. The number of hydrogen-bond acceptors (Lipinski definition) is 2. The van der Waals surface area contributed by atoms with Gasteiger partial charge in [-0.1, -0.05) is 6.92 Å². The summed E-state index contributed by atoms with van der Waals surface area (Å²) in [6, 6.07) is 0. The Labute approximate surface area is 67.2 Å². The van der Waals surface area contributed by atoms with E-state index < -0.39 is 0 Å². The number of carbonyl (C=O) groups is 2. The zero-order valence-electron chi connectivity index (χ0n) is 6.93. The molecule has 0 bridgehead atoms. The molecule has 0 aromatic rings. The van der Waals surface area contributed by atoms with Crippen LogP contribution in [0.25, 0.3) is 0 Å². The lowest BCUT2D eigenvalue weighted by atomic mass is 10.3. The van der Waals surface area contributed by atoms with Gasteiger partial charge in [-0.25, -0.2) is 0 Å². The predicted molar refractivity (Wildman–Crippen MR) is 43.2 cm³/mol. The molecule has 0 aromatic heterocycles. The Morgan fingerprint density at radius 1 is 1.55 bits per heavy atom. The molecule has 3 nitrogen and oxygen atoms in total. The fourth-order valence-electron chi connectivity index (χ4n) is 0.729. The number of amides is 1. The van der Waals surface area contributed by atoms with Crippen molar-refractivity contribution in [2.24, 2.45) is 0 Å². The first-order valence-electron chi connectivity index (χ1n) is 4.01. The zero-order valence-corrected chi connectivity index (χ0v) is 6.93. The Morgan fingerprint density at radius 2 is 2.27 bits per heavy atom. The molecule has 0 atom stereocenters. The van der Waals surface area contributed by atoms with Gasteiger partial charge < -0.3 is 10.1 Å². The van der Waals surface area contributed by atoms with Crippen LogP contribution in [0.5, 0.6) is 0 Å². The van der Waals surface area contributed by atoms with Crippen molar-refractivity contribution in [3.05, 3.63) is 0 Å². The average molecular weight is 157 g/mol. The minimum absolute atomic E-state index is 0.0819. The second-order valence-electron chi connectivity index (χ2n) is 2.41. The van der Waals surface area contributed by atoms with E-state index in [-0.39, 0.29) is 5.91 Å². The molecule has 3 heteroatoms. The van der Waals surface area contributed by atoms with E-state index in [0.717, 1.165) is 19.1 Å². The number of nitrogens with one attached hydrogen (secondary N) is 1. The van der Waals surface area contributed by atoms with E-state index in [1.54, 1.807) is 0 Å². The van der Waals surface area contributed by atoms with Crippen molar-refractivity contribution in [1.29, 1.82) is 0 Å². The molecular weight excluding hydrogens is 142 g/mol. The fraction of sp³-hybridized carbons (Fsp3) is 0.750. The number of rotatable bonds is 6. The van der Waals surface area contributed by atoms with Crippen molar-refractivity contribution in [3.63, 3.8) is 0 Å². The molecule has 0 aliphatic heterocycles. The summed E-state index contributed by atoms with van der Waals surface area (Å²) in [5.41, 5.74) is 0. The second kappa shape index (κ2) is 7.25. The smallest absolute Gasteiger partial charge is 0.219 e. The first kappa shape index (κ1) is 10.1. The standard InChI is InChI=1S/C8H15NO2/c1-2-5-8(11)9-6-3-4-7-10/h7H,2-6H2,1H3,(H,9,11). The van der Waals surface area contributed by atoms with Gasteiger partial charge in [0, 0.05) is 19.4 Å². The summed E-state index contributed by atoms with van der Waals surface area (Å²) in [6.07, 6.45) is 3.61. The van der Waals surface area contributed by atoms with Crippen LogP contribution in [0.4, 0.5) is 0 Å². The first-order chi connectivity index (χ1) is 5.31. The van der Waals surface area contributed by atoms with Crippen LogP contribution in [0.15, 0.2) is 0 Å². The molecule has 11 heavy (non-hydrogen) atoms. The Kier molecular flexibility index (Phi) is 6.68. The van der Waals surface area contributed by atoms with Crippen molar-refractivity contribution in [1.82, 2.24) is 5.32 Å². The molecule has 0 radical (unpaired) electrons. The average Bonchev–Trinajstić information content (AvgIpc) is 1.99. The molecule has 0 saturated heterocycles. The summed E-state index contributed by atoms with van der Waals surface area (Å²) in [5, 5.41) is 2.72. The summed E-state index contributed by atoms with van der Waals surface area (Å²) in [5.74, 6) is 0.0819. The minimum Gasteiger partial charge on any atom is -0.356 e. The SMILES string of the molecule is CCCC(=O)NCCCC=O. The fourth-order valence-corrected chi connectivity index (χ4v) is 0.729. The Hall–Kier alpha value is -0.860. The predicted octanol–water partition coefficient (Wildman–Crippen LogP) is 0.882. The lowest BCUT2D eigenvalue weighted by Crippen LogP contribution is -2.23. The molecule has 0 fully saturated rings. The largest absolute Gasteiger partial charge is 0.356 e. The molecule has 0 unspecified atom stereocenters. The van der Waals surface area contributed by atoms with Gasteiger partial charge in [-0.15, -0.1) is 0 Å². The van der Waals surface area contributed by atoms with Gasteiger partial charge in [-0.3, -0.25) is 4.79 Å². The van der Waals surface area contributed by atoms with Crippen molar-refractivity contribution >= 4 is 12.2 Å². The van der Waals surface area contributed by atoms with Crippen LogP contribution >= 0.6 is 0 Å². The van der Waals surface area contributed by atoms with E-state index in [2.05, 4.69) is 5.32 Å². The Morgan fingerprint density at radius 3 is 2.82 bits per heavy atom. The van der Waals surface area contributed by atoms with Crippen LogP contribution in [-0.2, 0) is 9.59 Å². The van der Waals surface area contributed by atoms with E-state index in [1.165, 1.54) is 0 Å². The van der Waals surface area contributed by atoms with E-state index >= 15 is 0 Å². The van der Waals surface area contributed by atoms with Gasteiger partial charge in [0.15, 0.2) is 0 Å². The lowest BCUT2D eigenvalue weighted by Gasteiger charge is -2.00. The highest BCUT2D eigenvalue weighted by molar-refractivity contribution is 5.75. The summed E-state index contributed by atoms with van der Waals surface area (Å²) >= 11 is 0. The molecule has 0 rings (SSSR count). The highest BCUT2D eigenvalue weighted by Gasteiger charge is 1.96. The highest BCUT2D eigenvalue weighted by Crippen LogP contribution is 1.86. The molecule has 64 valence electrons. The maximum atomic E-state index is 10.8. The molecular formula is C8H15NO2. The van der Waals surface area contributed by atoms with E-state index in [9.17, 15) is 9.59 Å². The Bertz CT molecular complexity index is 123. The summed E-state index contributed by atoms with van der Waals surface area (Å²) < 4.78 is 0. The maximum absolute atomic E-state index is 10.8. The van der Waals surface area contributed by atoms with Gasteiger partial charge in [0.05, 0.1) is 0 Å². The third-order valence-corrected chi connectivity index (χ3v) is 1.30. The second-order valence-corrected chi connectivity index (χ2v) is 2.41. The summed E-state index contributed by atoms with van der Waals surface area (Å²) in [4.78, 5) is 20.7. The van der Waals surface area contributed by atoms with Gasteiger partial charge in [-0.2, -0.15) is 0 Å². The van der Waals surface area contributed by atoms with Crippen LogP contribution < -0.4 is 5.32 Å². The number of aldehydes is 1. The normalized spacial score (nSPS) is 9.18. The first-order valence-corrected chi connectivity index (χ1v) is 4.01. The molecule has 0 heterocycles. The van der Waals surface area contributed by atoms with E-state index in [1.807, 2.05) is 6.92 Å². The van der Waals surface area contributed by atoms with E-state index in [0.29, 0.717) is 19.4 Å². The van der Waals surface area contributed by atoms with Gasteiger partial charge in [0.25, 0.3) is 0 Å². The van der Waals surface area contributed by atoms with Crippen molar-refractivity contribution in [2.75, 3.05) is 6.54 Å². The number of carbonyl (C=O) groups excluding carboxylic acids is 2. The molecule has 0 aliphatic carbocycles. The van der Waals surface area contributed by atoms with E-state index in [4.69, 9.17) is 0 Å². The zero-order chi connectivity index (χ0) is 8.53. The van der Waals surface area contributed by atoms with Gasteiger partial charge in [0.2, 0.25) is 5.91 Å². The summed E-state index contributed by atoms with van der Waals surface area (Å²) in [6.45, 7) is 2.59. The third-order valence-electron chi connectivity index (χ3n) is 1.30. The molecule has 1 amide bonds. The Balaban J connectivity index is 3.10. The van der Waals surface area contributed by atoms with Crippen LogP contribution in [0, 0.1) is 0 Å². The van der Waals surface area contributed by atoms with Crippen LogP contribution in [0.3, 0.4) is 0 Å². The van der Waals surface area contributed by atoms with Crippen LogP contribution in [0.1, 0.15) is 32.6 Å². The molecule has 0 aromatic carbocycles. The molecule has 0 saturated carbocycles. The topological polar surface area (TPSA) is 46.2 Å². The molecule has 0 aliphatic rings. The quantitative estimate of drug-likeness (QED) is 0.459. The van der Waals surface area contributed by atoms with Crippen molar-refractivity contribution in [2.45, 2.75) is 32.6 Å².